The molecule has 28 heavy (non-hydrogen) atoms. The Morgan fingerprint density at radius 2 is 1.75 bits per heavy atom. The van der Waals surface area contributed by atoms with Gasteiger partial charge in [0.25, 0.3) is 5.91 Å². The van der Waals surface area contributed by atoms with Crippen molar-refractivity contribution in [2.75, 3.05) is 16.9 Å². The molecule has 1 aliphatic rings. The Morgan fingerprint density at radius 1 is 1.04 bits per heavy atom. The molecule has 1 atom stereocenters. The van der Waals surface area contributed by atoms with Gasteiger partial charge in [0.15, 0.2) is 9.84 Å². The Bertz CT molecular complexity index is 1030. The van der Waals surface area contributed by atoms with Crippen molar-refractivity contribution in [3.05, 3.63) is 66.2 Å². The van der Waals surface area contributed by atoms with E-state index in [0.29, 0.717) is 17.8 Å². The van der Waals surface area contributed by atoms with Gasteiger partial charge in [-0.05, 0) is 49.1 Å². The summed E-state index contributed by atoms with van der Waals surface area (Å²) in [5.41, 5.74) is 1.18. The van der Waals surface area contributed by atoms with Crippen LogP contribution in [0.5, 0.6) is 0 Å². The van der Waals surface area contributed by atoms with E-state index in [1.54, 1.807) is 24.3 Å². The topological polar surface area (TPSA) is 92.3 Å². The lowest BCUT2D eigenvalue weighted by Crippen LogP contribution is -2.18. The zero-order valence-corrected chi connectivity index (χ0v) is 16.3. The number of nitrogens with one attached hydrogen (secondary N) is 2. The molecule has 2 aromatic rings. The molecule has 6 nitrogen and oxygen atoms in total. The van der Waals surface area contributed by atoms with Crippen LogP contribution in [0.4, 0.5) is 11.4 Å². The number of anilines is 2. The van der Waals surface area contributed by atoms with Gasteiger partial charge in [0, 0.05) is 18.2 Å². The predicted molar refractivity (Wildman–Crippen MR) is 109 cm³/mol. The fraction of sp³-hybridized carbons (Fsp3) is 0.238. The molecule has 7 heteroatoms. The lowest BCUT2D eigenvalue weighted by atomic mass is 10.0. The summed E-state index contributed by atoms with van der Waals surface area (Å²) >= 11 is 0. The van der Waals surface area contributed by atoms with E-state index in [9.17, 15) is 18.0 Å². The Balaban J connectivity index is 1.73. The first-order valence-electron chi connectivity index (χ1n) is 9.00. The normalized spacial score (nSPS) is 16.0. The Morgan fingerprint density at radius 3 is 2.39 bits per heavy atom. The summed E-state index contributed by atoms with van der Waals surface area (Å²) in [6, 6.07) is 12.7. The molecule has 2 amide bonds. The van der Waals surface area contributed by atoms with Crippen LogP contribution in [0.15, 0.2) is 65.6 Å². The second-order valence-electron chi connectivity index (χ2n) is 6.82. The van der Waals surface area contributed by atoms with Crippen molar-refractivity contribution in [2.24, 2.45) is 5.92 Å². The number of hydrogen-bond acceptors (Lipinski definition) is 4. The first kappa shape index (κ1) is 19.8. The smallest absolute Gasteiger partial charge is 0.255 e. The van der Waals surface area contributed by atoms with Crippen LogP contribution in [0, 0.1) is 5.92 Å². The Kier molecular flexibility index (Phi) is 5.94. The van der Waals surface area contributed by atoms with Crippen molar-refractivity contribution in [2.45, 2.75) is 24.2 Å². The molecule has 2 N–H and O–H groups in total. The summed E-state index contributed by atoms with van der Waals surface area (Å²) in [5, 5.41) is 5.59. The van der Waals surface area contributed by atoms with Crippen molar-refractivity contribution >= 4 is 33.0 Å². The molecular weight excluding hydrogens is 376 g/mol. The third kappa shape index (κ3) is 5.07. The molecule has 0 aliphatic heterocycles. The summed E-state index contributed by atoms with van der Waals surface area (Å²) < 4.78 is 23.4. The summed E-state index contributed by atoms with van der Waals surface area (Å²) in [5.74, 6) is -0.316. The maximum absolute atomic E-state index is 12.6. The summed E-state index contributed by atoms with van der Waals surface area (Å²) in [6.07, 6.45) is 7.60. The highest BCUT2D eigenvalue weighted by atomic mass is 32.2. The lowest BCUT2D eigenvalue weighted by Gasteiger charge is -2.14. The SMILES string of the molecule is CS(=O)(=O)c1cccc(C(=O)Nc2ccccc2NC(=O)CC2C=CCC2)c1. The van der Waals surface area contributed by atoms with Gasteiger partial charge in [0.1, 0.15) is 0 Å². The maximum Gasteiger partial charge on any atom is 0.255 e. The van der Waals surface area contributed by atoms with Crippen LogP contribution in [-0.2, 0) is 14.6 Å². The van der Waals surface area contributed by atoms with Gasteiger partial charge in [-0.1, -0.05) is 30.4 Å². The van der Waals surface area contributed by atoms with E-state index in [0.717, 1.165) is 19.1 Å². The van der Waals surface area contributed by atoms with E-state index in [-0.39, 0.29) is 22.3 Å². The van der Waals surface area contributed by atoms with Gasteiger partial charge < -0.3 is 10.6 Å². The van der Waals surface area contributed by atoms with E-state index >= 15 is 0 Å². The van der Waals surface area contributed by atoms with E-state index in [1.807, 2.05) is 0 Å². The molecule has 0 saturated heterocycles. The molecule has 2 aromatic carbocycles. The standard InChI is InChI=1S/C21H22N2O4S/c1-28(26,27)17-10-6-9-16(14-17)21(25)23-19-12-5-4-11-18(19)22-20(24)13-15-7-2-3-8-15/h2,4-7,9-12,14-15H,3,8,13H2,1H3,(H,22,24)(H,23,25). The lowest BCUT2D eigenvalue weighted by molar-refractivity contribution is -0.116. The van der Waals surface area contributed by atoms with E-state index in [1.165, 1.54) is 24.3 Å². The van der Waals surface area contributed by atoms with Crippen molar-refractivity contribution in [3.8, 4) is 0 Å². The van der Waals surface area contributed by atoms with Crippen molar-refractivity contribution in [3.63, 3.8) is 0 Å². The van der Waals surface area contributed by atoms with Gasteiger partial charge in [-0.3, -0.25) is 9.59 Å². The molecule has 1 unspecified atom stereocenters. The Labute approximate surface area is 164 Å². The molecule has 0 aromatic heterocycles. The molecule has 3 rings (SSSR count). The van der Waals surface area contributed by atoms with Crippen molar-refractivity contribution in [1.82, 2.24) is 0 Å². The average molecular weight is 398 g/mol. The summed E-state index contributed by atoms with van der Waals surface area (Å²) in [7, 11) is -3.41. The third-order valence-electron chi connectivity index (χ3n) is 4.53. The molecule has 0 bridgehead atoms. The van der Waals surface area contributed by atoms with Crippen LogP contribution in [0.2, 0.25) is 0 Å². The highest BCUT2D eigenvalue weighted by Gasteiger charge is 2.16. The molecule has 0 spiro atoms. The molecule has 0 saturated carbocycles. The van der Waals surface area contributed by atoms with Gasteiger partial charge in [-0.2, -0.15) is 0 Å². The Hall–Kier alpha value is -2.93. The minimum absolute atomic E-state index is 0.0753. The second kappa shape index (κ2) is 8.39. The monoisotopic (exact) mass is 398 g/mol. The number of carbonyl (C=O) groups excluding carboxylic acids is 2. The fourth-order valence-corrected chi connectivity index (χ4v) is 3.74. The third-order valence-corrected chi connectivity index (χ3v) is 5.64. The zero-order chi connectivity index (χ0) is 20.1. The minimum Gasteiger partial charge on any atom is -0.324 e. The number of amides is 2. The highest BCUT2D eigenvalue weighted by Crippen LogP contribution is 2.25. The number of allylic oxidation sites excluding steroid dienone is 2. The second-order valence-corrected chi connectivity index (χ2v) is 8.83. The van der Waals surface area contributed by atoms with E-state index in [2.05, 4.69) is 22.8 Å². The van der Waals surface area contributed by atoms with Gasteiger partial charge in [-0.15, -0.1) is 0 Å². The van der Waals surface area contributed by atoms with Crippen molar-refractivity contribution < 1.29 is 18.0 Å². The molecule has 146 valence electrons. The van der Waals surface area contributed by atoms with Crippen LogP contribution in [-0.4, -0.2) is 26.5 Å². The minimum atomic E-state index is -3.41. The van der Waals surface area contributed by atoms with Crippen molar-refractivity contribution in [1.29, 1.82) is 0 Å². The summed E-state index contributed by atoms with van der Waals surface area (Å²) in [6.45, 7) is 0. The molecule has 0 fully saturated rings. The number of hydrogen-bond donors (Lipinski definition) is 2. The number of rotatable bonds is 6. The highest BCUT2D eigenvalue weighted by molar-refractivity contribution is 7.90. The average Bonchev–Trinajstić information content (AvgIpc) is 3.15. The first-order valence-corrected chi connectivity index (χ1v) is 10.9. The quantitative estimate of drug-likeness (QED) is 0.727. The van der Waals surface area contributed by atoms with Gasteiger partial charge in [-0.25, -0.2) is 8.42 Å². The number of benzene rings is 2. The predicted octanol–water partition coefficient (Wildman–Crippen LogP) is 3.64. The zero-order valence-electron chi connectivity index (χ0n) is 15.5. The number of carbonyl (C=O) groups is 2. The summed E-state index contributed by atoms with van der Waals surface area (Å²) in [4.78, 5) is 25.0. The fourth-order valence-electron chi connectivity index (χ4n) is 3.07. The maximum atomic E-state index is 12.6. The van der Waals surface area contributed by atoms with Gasteiger partial charge in [0.05, 0.1) is 16.3 Å². The van der Waals surface area contributed by atoms with Crippen LogP contribution in [0.25, 0.3) is 0 Å². The van der Waals surface area contributed by atoms with Crippen LogP contribution < -0.4 is 10.6 Å². The van der Waals surface area contributed by atoms with Crippen LogP contribution >= 0.6 is 0 Å². The van der Waals surface area contributed by atoms with Gasteiger partial charge in [0.2, 0.25) is 5.91 Å². The molecule has 0 radical (unpaired) electrons. The molecule has 0 heterocycles. The van der Waals surface area contributed by atoms with Crippen LogP contribution in [0.3, 0.4) is 0 Å². The first-order chi connectivity index (χ1) is 13.3. The van der Waals surface area contributed by atoms with E-state index in [4.69, 9.17) is 0 Å². The number of sulfone groups is 1. The molecular formula is C21H22N2O4S. The van der Waals surface area contributed by atoms with Gasteiger partial charge >= 0.3 is 0 Å². The largest absolute Gasteiger partial charge is 0.324 e. The van der Waals surface area contributed by atoms with Crippen LogP contribution in [0.1, 0.15) is 29.6 Å². The number of para-hydroxylation sites is 2. The van der Waals surface area contributed by atoms with E-state index < -0.39 is 15.7 Å². The molecule has 1 aliphatic carbocycles.